The van der Waals surface area contributed by atoms with Crippen LogP contribution in [0.25, 0.3) is 0 Å². The van der Waals surface area contributed by atoms with Crippen LogP contribution in [0.1, 0.15) is 6.42 Å². The Morgan fingerprint density at radius 2 is 1.83 bits per heavy atom. The minimum Gasteiger partial charge on any atom is -0.366 e. The van der Waals surface area contributed by atoms with E-state index in [1.54, 1.807) is 23.1 Å². The van der Waals surface area contributed by atoms with Gasteiger partial charge in [0.15, 0.2) is 0 Å². The third-order valence-electron chi connectivity index (χ3n) is 4.02. The topological polar surface area (TPSA) is 55.9 Å². The van der Waals surface area contributed by atoms with E-state index in [2.05, 4.69) is 5.32 Å². The van der Waals surface area contributed by atoms with Crippen LogP contribution in [-0.4, -0.2) is 75.0 Å². The molecule has 0 aliphatic carbocycles. The molecule has 2 amide bonds. The number of anilines is 1. The van der Waals surface area contributed by atoms with Crippen LogP contribution in [0.3, 0.4) is 0 Å². The number of hydrogen-bond acceptors (Lipinski definition) is 4. The normalized spacial score (nSPS) is 14.8. The molecule has 0 unspecified atom stereocenters. The summed E-state index contributed by atoms with van der Waals surface area (Å²) in [5, 5.41) is 2.74. The molecule has 0 saturated carbocycles. The van der Waals surface area contributed by atoms with Crippen LogP contribution in [-0.2, 0) is 9.59 Å². The predicted octanol–water partition coefficient (Wildman–Crippen LogP) is 0.542. The first-order valence-electron chi connectivity index (χ1n) is 8.16. The summed E-state index contributed by atoms with van der Waals surface area (Å²) >= 11 is 0. The summed E-state index contributed by atoms with van der Waals surface area (Å²) in [4.78, 5) is 29.5. The number of benzene rings is 1. The SMILES string of the molecule is CN(C)CCNC(=O)CC(=O)N1CCN(c2ccccc2F)CC1. The van der Waals surface area contributed by atoms with Gasteiger partial charge in [-0.3, -0.25) is 9.59 Å². The van der Waals surface area contributed by atoms with Crippen LogP contribution in [0.5, 0.6) is 0 Å². The predicted molar refractivity (Wildman–Crippen MR) is 91.4 cm³/mol. The number of amides is 2. The van der Waals surface area contributed by atoms with Gasteiger partial charge in [-0.1, -0.05) is 12.1 Å². The molecule has 1 fully saturated rings. The van der Waals surface area contributed by atoms with Crippen LogP contribution < -0.4 is 10.2 Å². The summed E-state index contributed by atoms with van der Waals surface area (Å²) in [7, 11) is 3.85. The minimum atomic E-state index is -0.252. The number of para-hydroxylation sites is 1. The van der Waals surface area contributed by atoms with Gasteiger partial charge in [0.25, 0.3) is 0 Å². The molecule has 0 aromatic heterocycles. The Bertz CT molecular complexity index is 571. The van der Waals surface area contributed by atoms with Crippen LogP contribution in [0.15, 0.2) is 24.3 Å². The first-order chi connectivity index (χ1) is 11.5. The van der Waals surface area contributed by atoms with Gasteiger partial charge >= 0.3 is 0 Å². The lowest BCUT2D eigenvalue weighted by molar-refractivity contribution is -0.136. The van der Waals surface area contributed by atoms with Crippen LogP contribution in [0.4, 0.5) is 10.1 Å². The molecule has 1 N–H and O–H groups in total. The average molecular weight is 336 g/mol. The zero-order valence-electron chi connectivity index (χ0n) is 14.3. The number of piperazine rings is 1. The first kappa shape index (κ1) is 18.2. The zero-order chi connectivity index (χ0) is 17.5. The number of carbonyl (C=O) groups excluding carboxylic acids is 2. The van der Waals surface area contributed by atoms with Crippen molar-refractivity contribution >= 4 is 17.5 Å². The third kappa shape index (κ3) is 5.19. The molecule has 0 bridgehead atoms. The molecule has 1 aromatic rings. The molecule has 1 heterocycles. The van der Waals surface area contributed by atoms with E-state index < -0.39 is 0 Å². The summed E-state index contributed by atoms with van der Waals surface area (Å²) in [5.41, 5.74) is 0.561. The first-order valence-corrected chi connectivity index (χ1v) is 8.16. The van der Waals surface area contributed by atoms with Crippen molar-refractivity contribution in [2.45, 2.75) is 6.42 Å². The van der Waals surface area contributed by atoms with Gasteiger partial charge in [0.1, 0.15) is 12.2 Å². The summed E-state index contributed by atoms with van der Waals surface area (Å²) in [6.45, 7) is 3.39. The van der Waals surface area contributed by atoms with Crippen molar-refractivity contribution in [1.29, 1.82) is 0 Å². The molecular weight excluding hydrogens is 311 g/mol. The lowest BCUT2D eigenvalue weighted by atomic mass is 10.2. The fraction of sp³-hybridized carbons (Fsp3) is 0.529. The average Bonchev–Trinajstić information content (AvgIpc) is 2.55. The lowest BCUT2D eigenvalue weighted by Gasteiger charge is -2.36. The van der Waals surface area contributed by atoms with Crippen LogP contribution in [0.2, 0.25) is 0 Å². The van der Waals surface area contributed by atoms with Crippen molar-refractivity contribution in [2.75, 3.05) is 58.3 Å². The third-order valence-corrected chi connectivity index (χ3v) is 4.02. The van der Waals surface area contributed by atoms with E-state index in [1.807, 2.05) is 23.9 Å². The van der Waals surface area contributed by atoms with E-state index in [-0.39, 0.29) is 24.1 Å². The number of carbonyl (C=O) groups is 2. The highest BCUT2D eigenvalue weighted by molar-refractivity contribution is 5.96. The number of nitrogens with zero attached hydrogens (tertiary/aromatic N) is 3. The van der Waals surface area contributed by atoms with E-state index in [1.165, 1.54) is 6.07 Å². The molecule has 1 aromatic carbocycles. The van der Waals surface area contributed by atoms with Crippen molar-refractivity contribution in [1.82, 2.24) is 15.1 Å². The molecule has 7 heteroatoms. The maximum absolute atomic E-state index is 13.8. The number of nitrogens with one attached hydrogen (secondary N) is 1. The quantitative estimate of drug-likeness (QED) is 0.771. The maximum atomic E-state index is 13.8. The van der Waals surface area contributed by atoms with Crippen molar-refractivity contribution in [3.05, 3.63) is 30.1 Å². The molecule has 2 rings (SSSR count). The molecule has 1 saturated heterocycles. The molecule has 0 radical (unpaired) electrons. The second-order valence-electron chi connectivity index (χ2n) is 6.15. The van der Waals surface area contributed by atoms with Crippen molar-refractivity contribution in [3.8, 4) is 0 Å². The fourth-order valence-electron chi connectivity index (χ4n) is 2.64. The van der Waals surface area contributed by atoms with Crippen LogP contribution in [0, 0.1) is 5.82 Å². The van der Waals surface area contributed by atoms with Crippen LogP contribution >= 0.6 is 0 Å². The van der Waals surface area contributed by atoms with E-state index in [9.17, 15) is 14.0 Å². The van der Waals surface area contributed by atoms with Crippen molar-refractivity contribution in [3.63, 3.8) is 0 Å². The van der Waals surface area contributed by atoms with Gasteiger partial charge in [0.2, 0.25) is 11.8 Å². The molecule has 1 aliphatic heterocycles. The second-order valence-corrected chi connectivity index (χ2v) is 6.15. The Kier molecular flexibility index (Phi) is 6.54. The van der Waals surface area contributed by atoms with E-state index in [4.69, 9.17) is 0 Å². The molecule has 1 aliphatic rings. The highest BCUT2D eigenvalue weighted by Gasteiger charge is 2.23. The Hall–Kier alpha value is -2.15. The van der Waals surface area contributed by atoms with Gasteiger partial charge in [0.05, 0.1) is 5.69 Å². The lowest BCUT2D eigenvalue weighted by Crippen LogP contribution is -2.50. The van der Waals surface area contributed by atoms with Crippen molar-refractivity contribution < 1.29 is 14.0 Å². The molecule has 0 spiro atoms. The molecule has 6 nitrogen and oxygen atoms in total. The zero-order valence-corrected chi connectivity index (χ0v) is 14.3. The summed E-state index contributed by atoms with van der Waals surface area (Å²) in [5.74, 6) is -0.679. The van der Waals surface area contributed by atoms with Gasteiger partial charge in [-0.2, -0.15) is 0 Å². The molecule has 0 atom stereocenters. The fourth-order valence-corrected chi connectivity index (χ4v) is 2.64. The largest absolute Gasteiger partial charge is 0.366 e. The Balaban J connectivity index is 1.76. The van der Waals surface area contributed by atoms with Gasteiger partial charge in [-0.15, -0.1) is 0 Å². The second kappa shape index (κ2) is 8.63. The van der Waals surface area contributed by atoms with E-state index in [0.717, 1.165) is 6.54 Å². The molecule has 24 heavy (non-hydrogen) atoms. The standard InChI is InChI=1S/C17H25FN4O2/c1-20(2)8-7-19-16(23)13-17(24)22-11-9-21(10-12-22)15-6-4-3-5-14(15)18/h3-6H,7-13H2,1-2H3,(H,19,23). The highest BCUT2D eigenvalue weighted by atomic mass is 19.1. The summed E-state index contributed by atoms with van der Waals surface area (Å²) in [6.07, 6.45) is -0.132. The highest BCUT2D eigenvalue weighted by Crippen LogP contribution is 2.20. The number of halogens is 1. The molecular formula is C17H25FN4O2. The van der Waals surface area contributed by atoms with Gasteiger partial charge < -0.3 is 20.0 Å². The maximum Gasteiger partial charge on any atom is 0.232 e. The van der Waals surface area contributed by atoms with Gasteiger partial charge in [-0.05, 0) is 26.2 Å². The van der Waals surface area contributed by atoms with Gasteiger partial charge in [0, 0.05) is 39.3 Å². The molecule has 132 valence electrons. The van der Waals surface area contributed by atoms with Gasteiger partial charge in [-0.25, -0.2) is 4.39 Å². The minimum absolute atomic E-state index is 0.132. The monoisotopic (exact) mass is 336 g/mol. The Morgan fingerprint density at radius 3 is 2.46 bits per heavy atom. The van der Waals surface area contributed by atoms with E-state index >= 15 is 0 Å². The summed E-state index contributed by atoms with van der Waals surface area (Å²) in [6, 6.07) is 6.64. The van der Waals surface area contributed by atoms with E-state index in [0.29, 0.717) is 38.4 Å². The van der Waals surface area contributed by atoms with Crippen molar-refractivity contribution in [2.24, 2.45) is 0 Å². The number of likely N-dealkylation sites (N-methyl/N-ethyl adjacent to an activating group) is 1. The Morgan fingerprint density at radius 1 is 1.17 bits per heavy atom. The Labute approximate surface area is 142 Å². The smallest absolute Gasteiger partial charge is 0.232 e. The summed E-state index contributed by atoms with van der Waals surface area (Å²) < 4.78 is 13.8. The number of rotatable bonds is 6. The number of hydrogen-bond donors (Lipinski definition) is 1.